The van der Waals surface area contributed by atoms with Crippen molar-refractivity contribution in [2.24, 2.45) is 0 Å². The second-order valence-electron chi connectivity index (χ2n) is 5.13. The minimum absolute atomic E-state index is 0.0426. The molecule has 6 nitrogen and oxygen atoms in total. The zero-order chi connectivity index (χ0) is 15.3. The quantitative estimate of drug-likeness (QED) is 0.886. The van der Waals surface area contributed by atoms with Crippen molar-refractivity contribution in [2.45, 2.75) is 38.8 Å². The van der Waals surface area contributed by atoms with E-state index in [1.165, 1.54) is 11.3 Å². The average Bonchev–Trinajstić information content (AvgIpc) is 2.72. The Labute approximate surface area is 121 Å². The van der Waals surface area contributed by atoms with Crippen LogP contribution in [0.15, 0.2) is 11.4 Å². The predicted molar refractivity (Wildman–Crippen MR) is 73.5 cm³/mol. The second-order valence-corrected chi connectivity index (χ2v) is 6.04. The highest BCUT2D eigenvalue weighted by Gasteiger charge is 2.25. The highest BCUT2D eigenvalue weighted by Crippen LogP contribution is 2.17. The minimum atomic E-state index is -1.18. The van der Waals surface area contributed by atoms with E-state index in [1.807, 2.05) is 6.07 Å². The number of carbonyl (C=O) groups excluding carboxylic acids is 1. The Kier molecular flexibility index (Phi) is 5.11. The van der Waals surface area contributed by atoms with Gasteiger partial charge >= 0.3 is 12.1 Å². The molecule has 108 valence electrons. The van der Waals surface area contributed by atoms with Gasteiger partial charge in [0.05, 0.1) is 0 Å². The first-order chi connectivity index (χ1) is 9.23. The van der Waals surface area contributed by atoms with Gasteiger partial charge in [-0.1, -0.05) is 0 Å². The number of carboxylic acid groups (broad SMARTS) is 1. The van der Waals surface area contributed by atoms with Gasteiger partial charge < -0.3 is 15.2 Å². The molecule has 0 radical (unpaired) electrons. The molecule has 0 aliphatic rings. The fourth-order valence-electron chi connectivity index (χ4n) is 1.46. The number of nitrogens with zero attached hydrogens (tertiary/aromatic N) is 1. The Bertz CT molecular complexity index is 539. The molecule has 0 unspecified atom stereocenters. The Morgan fingerprint density at radius 2 is 2.20 bits per heavy atom. The van der Waals surface area contributed by atoms with E-state index in [9.17, 15) is 9.59 Å². The molecule has 1 aromatic heterocycles. The van der Waals surface area contributed by atoms with Crippen molar-refractivity contribution in [3.63, 3.8) is 0 Å². The maximum absolute atomic E-state index is 11.6. The van der Waals surface area contributed by atoms with Crippen LogP contribution in [0.1, 0.15) is 31.2 Å². The number of hydrogen-bond acceptors (Lipinski definition) is 5. The first-order valence-corrected chi connectivity index (χ1v) is 6.79. The largest absolute Gasteiger partial charge is 0.480 e. The number of thiophene rings is 1. The van der Waals surface area contributed by atoms with Gasteiger partial charge in [0.25, 0.3) is 0 Å². The Morgan fingerprint density at radius 1 is 1.55 bits per heavy atom. The van der Waals surface area contributed by atoms with E-state index in [0.717, 1.165) is 0 Å². The molecule has 0 aliphatic carbocycles. The normalized spacial score (nSPS) is 12.3. The number of aliphatic carboxylic acids is 1. The summed E-state index contributed by atoms with van der Waals surface area (Å²) in [5.74, 6) is -1.18. The molecule has 0 aliphatic heterocycles. The van der Waals surface area contributed by atoms with Gasteiger partial charge in [0.2, 0.25) is 0 Å². The standard InChI is InChI=1S/C13H16N2O4S/c1-13(2,3)19-12(18)15-9(11(16)17)6-8-4-5-20-10(8)7-14/h4-5,9H,6H2,1-3H3,(H,15,18)(H,16,17)/t9-/m0/s1. The monoisotopic (exact) mass is 296 g/mol. The van der Waals surface area contributed by atoms with Crippen molar-refractivity contribution < 1.29 is 19.4 Å². The lowest BCUT2D eigenvalue weighted by Gasteiger charge is -2.21. The number of rotatable bonds is 4. The van der Waals surface area contributed by atoms with E-state index in [-0.39, 0.29) is 6.42 Å². The van der Waals surface area contributed by atoms with Crippen LogP contribution in [0.5, 0.6) is 0 Å². The number of carbonyl (C=O) groups is 2. The molecule has 0 bridgehead atoms. The third-order valence-corrected chi connectivity index (χ3v) is 3.12. The topological polar surface area (TPSA) is 99.4 Å². The van der Waals surface area contributed by atoms with Crippen molar-refractivity contribution >= 4 is 23.4 Å². The summed E-state index contributed by atoms with van der Waals surface area (Å²) in [6.07, 6.45) is -0.750. The van der Waals surface area contributed by atoms with Crippen LogP contribution in [-0.4, -0.2) is 28.8 Å². The summed E-state index contributed by atoms with van der Waals surface area (Å²) >= 11 is 1.23. The summed E-state index contributed by atoms with van der Waals surface area (Å²) < 4.78 is 5.02. The van der Waals surface area contributed by atoms with Crippen molar-refractivity contribution in [1.82, 2.24) is 5.32 Å². The highest BCUT2D eigenvalue weighted by atomic mass is 32.1. The van der Waals surface area contributed by atoms with Crippen molar-refractivity contribution in [2.75, 3.05) is 0 Å². The van der Waals surface area contributed by atoms with Gasteiger partial charge in [0, 0.05) is 6.42 Å². The summed E-state index contributed by atoms with van der Waals surface area (Å²) in [6, 6.07) is 2.54. The SMILES string of the molecule is CC(C)(C)OC(=O)N[C@@H](Cc1ccsc1C#N)C(=O)O. The summed E-state index contributed by atoms with van der Waals surface area (Å²) in [7, 11) is 0. The number of alkyl carbamates (subject to hydrolysis) is 1. The summed E-state index contributed by atoms with van der Waals surface area (Å²) in [5.41, 5.74) is -0.103. The van der Waals surface area contributed by atoms with Crippen molar-refractivity contribution in [3.8, 4) is 6.07 Å². The van der Waals surface area contributed by atoms with E-state index in [1.54, 1.807) is 32.2 Å². The molecular formula is C13H16N2O4S. The van der Waals surface area contributed by atoms with Crippen LogP contribution in [0.4, 0.5) is 4.79 Å². The summed E-state index contributed by atoms with van der Waals surface area (Å²) in [4.78, 5) is 23.2. The molecule has 1 rings (SSSR count). The van der Waals surface area contributed by atoms with E-state index in [4.69, 9.17) is 15.1 Å². The van der Waals surface area contributed by atoms with Gasteiger partial charge in [-0.05, 0) is 37.8 Å². The molecule has 0 aromatic carbocycles. The van der Waals surface area contributed by atoms with E-state index in [2.05, 4.69) is 5.32 Å². The maximum Gasteiger partial charge on any atom is 0.408 e. The van der Waals surface area contributed by atoms with Gasteiger partial charge in [0.15, 0.2) is 0 Å². The van der Waals surface area contributed by atoms with Crippen molar-refractivity contribution in [3.05, 3.63) is 21.9 Å². The zero-order valence-electron chi connectivity index (χ0n) is 11.5. The fourth-order valence-corrected chi connectivity index (χ4v) is 2.19. The van der Waals surface area contributed by atoms with Crippen LogP contribution in [-0.2, 0) is 16.0 Å². The lowest BCUT2D eigenvalue weighted by atomic mass is 10.1. The molecule has 1 amide bonds. The van der Waals surface area contributed by atoms with Crippen molar-refractivity contribution in [1.29, 1.82) is 5.26 Å². The van der Waals surface area contributed by atoms with E-state index in [0.29, 0.717) is 10.4 Å². The fraction of sp³-hybridized carbons (Fsp3) is 0.462. The van der Waals surface area contributed by atoms with Gasteiger partial charge in [-0.25, -0.2) is 9.59 Å². The number of carboxylic acids is 1. The summed E-state index contributed by atoms with van der Waals surface area (Å²) in [6.45, 7) is 5.07. The van der Waals surface area contributed by atoms with E-state index >= 15 is 0 Å². The molecule has 0 saturated heterocycles. The number of ether oxygens (including phenoxy) is 1. The molecule has 1 aromatic rings. The molecule has 1 heterocycles. The number of nitriles is 1. The van der Waals surface area contributed by atoms with Gasteiger partial charge in [-0.15, -0.1) is 11.3 Å². The Hall–Kier alpha value is -2.07. The number of nitrogens with one attached hydrogen (secondary N) is 1. The molecule has 20 heavy (non-hydrogen) atoms. The number of amides is 1. The van der Waals surface area contributed by atoms with Crippen LogP contribution in [0.3, 0.4) is 0 Å². The molecule has 7 heteroatoms. The molecule has 0 saturated carbocycles. The van der Waals surface area contributed by atoms with Crippen LogP contribution in [0.2, 0.25) is 0 Å². The lowest BCUT2D eigenvalue weighted by Crippen LogP contribution is -2.44. The van der Waals surface area contributed by atoms with E-state index < -0.39 is 23.7 Å². The zero-order valence-corrected chi connectivity index (χ0v) is 12.3. The van der Waals surface area contributed by atoms with Crippen LogP contribution >= 0.6 is 11.3 Å². The first kappa shape index (κ1) is 16.0. The predicted octanol–water partition coefficient (Wildman–Crippen LogP) is 2.14. The summed E-state index contributed by atoms with van der Waals surface area (Å²) in [5, 5.41) is 22.0. The lowest BCUT2D eigenvalue weighted by molar-refractivity contribution is -0.139. The molecule has 0 fully saturated rings. The van der Waals surface area contributed by atoms with Crippen LogP contribution in [0, 0.1) is 11.3 Å². The van der Waals surface area contributed by atoms with Gasteiger partial charge in [0.1, 0.15) is 22.6 Å². The molecule has 0 spiro atoms. The third-order valence-electron chi connectivity index (χ3n) is 2.26. The third kappa shape index (κ3) is 4.90. The van der Waals surface area contributed by atoms with Gasteiger partial charge in [-0.2, -0.15) is 5.26 Å². The molecule has 1 atom stereocenters. The smallest absolute Gasteiger partial charge is 0.408 e. The van der Waals surface area contributed by atoms with Gasteiger partial charge in [-0.3, -0.25) is 0 Å². The molecule has 2 N–H and O–H groups in total. The average molecular weight is 296 g/mol. The minimum Gasteiger partial charge on any atom is -0.480 e. The van der Waals surface area contributed by atoms with Crippen LogP contribution in [0.25, 0.3) is 0 Å². The first-order valence-electron chi connectivity index (χ1n) is 5.91. The second kappa shape index (κ2) is 6.39. The molecular weight excluding hydrogens is 280 g/mol. The Morgan fingerprint density at radius 3 is 2.70 bits per heavy atom. The Balaban J connectivity index is 2.74. The van der Waals surface area contributed by atoms with Crippen LogP contribution < -0.4 is 5.32 Å². The number of hydrogen-bond donors (Lipinski definition) is 2. The maximum atomic E-state index is 11.6. The highest BCUT2D eigenvalue weighted by molar-refractivity contribution is 7.10.